The zero-order chi connectivity index (χ0) is 18.8. The number of aromatic nitrogens is 2. The van der Waals surface area contributed by atoms with Crippen LogP contribution < -0.4 is 4.74 Å². The number of imidazole rings is 1. The molecule has 140 valence electrons. The number of pyridine rings is 1. The third-order valence-electron chi connectivity index (χ3n) is 5.89. The molecule has 2 unspecified atom stereocenters. The molecule has 1 aromatic carbocycles. The molecule has 0 spiro atoms. The molecule has 3 heterocycles. The van der Waals surface area contributed by atoms with E-state index in [1.165, 1.54) is 0 Å². The molecule has 27 heavy (non-hydrogen) atoms. The zero-order valence-electron chi connectivity index (χ0n) is 15.2. The van der Waals surface area contributed by atoms with Gasteiger partial charge < -0.3 is 14.6 Å². The predicted octanol–water partition coefficient (Wildman–Crippen LogP) is 4.04. The number of ether oxygens (including phenoxy) is 2. The Morgan fingerprint density at radius 1 is 1.26 bits per heavy atom. The molecule has 5 nitrogen and oxygen atoms in total. The number of aliphatic hydroxyl groups excluding tert-OH is 1. The Kier molecular flexibility index (Phi) is 3.76. The minimum absolute atomic E-state index is 0.250. The van der Waals surface area contributed by atoms with Crippen LogP contribution >= 0.6 is 11.6 Å². The van der Waals surface area contributed by atoms with E-state index in [0.29, 0.717) is 16.5 Å². The van der Waals surface area contributed by atoms with E-state index in [1.807, 2.05) is 53.9 Å². The van der Waals surface area contributed by atoms with Crippen LogP contribution in [0.1, 0.15) is 35.8 Å². The third-order valence-corrected chi connectivity index (χ3v) is 6.35. The van der Waals surface area contributed by atoms with Crippen LogP contribution in [0.3, 0.4) is 0 Å². The fraction of sp³-hybridized carbons (Fsp3) is 0.381. The van der Waals surface area contributed by atoms with Crippen molar-refractivity contribution in [1.29, 1.82) is 0 Å². The topological polar surface area (TPSA) is 56.0 Å². The van der Waals surface area contributed by atoms with E-state index >= 15 is 0 Å². The Labute approximate surface area is 162 Å². The van der Waals surface area contributed by atoms with Gasteiger partial charge in [0, 0.05) is 18.9 Å². The molecule has 0 amide bonds. The van der Waals surface area contributed by atoms with E-state index in [1.54, 1.807) is 7.11 Å². The molecule has 1 aliphatic carbocycles. The number of hydrogen-bond donors (Lipinski definition) is 1. The summed E-state index contributed by atoms with van der Waals surface area (Å²) in [7, 11) is 1.67. The van der Waals surface area contributed by atoms with Gasteiger partial charge in [0.25, 0.3) is 0 Å². The van der Waals surface area contributed by atoms with Gasteiger partial charge in [-0.15, -0.1) is 0 Å². The van der Waals surface area contributed by atoms with E-state index in [2.05, 4.69) is 4.98 Å². The van der Waals surface area contributed by atoms with Crippen molar-refractivity contribution in [2.45, 2.75) is 37.6 Å². The van der Waals surface area contributed by atoms with Gasteiger partial charge in [-0.1, -0.05) is 41.9 Å². The monoisotopic (exact) mass is 384 g/mol. The van der Waals surface area contributed by atoms with Gasteiger partial charge in [-0.05, 0) is 37.3 Å². The molecule has 1 fully saturated rings. The smallest absolute Gasteiger partial charge is 0.181 e. The number of aryl methyl sites for hydroxylation is 1. The summed E-state index contributed by atoms with van der Waals surface area (Å²) in [5, 5.41) is 12.0. The Balaban J connectivity index is 1.78. The van der Waals surface area contributed by atoms with Crippen molar-refractivity contribution in [3.8, 4) is 5.75 Å². The van der Waals surface area contributed by atoms with Crippen molar-refractivity contribution >= 4 is 17.2 Å². The average molecular weight is 385 g/mol. The number of hydrogen-bond acceptors (Lipinski definition) is 4. The minimum atomic E-state index is -0.820. The first-order chi connectivity index (χ1) is 13.1. The largest absolute Gasteiger partial charge is 0.479 e. The maximum absolute atomic E-state index is 11.4. The van der Waals surface area contributed by atoms with Gasteiger partial charge in [0.15, 0.2) is 17.5 Å². The Morgan fingerprint density at radius 2 is 2.00 bits per heavy atom. The number of halogens is 1. The summed E-state index contributed by atoms with van der Waals surface area (Å²) in [6, 6.07) is 11.7. The van der Waals surface area contributed by atoms with E-state index in [0.717, 1.165) is 29.7 Å². The highest BCUT2D eigenvalue weighted by Crippen LogP contribution is 2.58. The van der Waals surface area contributed by atoms with Gasteiger partial charge in [0.05, 0.1) is 5.69 Å². The van der Waals surface area contributed by atoms with Crippen LogP contribution in [0.25, 0.3) is 5.65 Å². The molecule has 1 aliphatic heterocycles. The zero-order valence-corrected chi connectivity index (χ0v) is 16.0. The maximum Gasteiger partial charge on any atom is 0.181 e. The number of aliphatic hydroxyl groups is 1. The Bertz CT molecular complexity index is 1020. The van der Waals surface area contributed by atoms with Gasteiger partial charge in [0.1, 0.15) is 16.9 Å². The summed E-state index contributed by atoms with van der Waals surface area (Å²) in [5.74, 6) is 0.890. The van der Waals surface area contributed by atoms with Crippen LogP contribution in [0.4, 0.5) is 0 Å². The molecule has 3 aromatic rings. The van der Waals surface area contributed by atoms with Crippen LogP contribution in [0.5, 0.6) is 5.75 Å². The van der Waals surface area contributed by atoms with Crippen molar-refractivity contribution in [1.82, 2.24) is 9.38 Å². The minimum Gasteiger partial charge on any atom is -0.479 e. The predicted molar refractivity (Wildman–Crippen MR) is 102 cm³/mol. The Morgan fingerprint density at radius 3 is 2.67 bits per heavy atom. The quantitative estimate of drug-likeness (QED) is 0.740. The molecule has 0 bridgehead atoms. The van der Waals surface area contributed by atoms with E-state index < -0.39 is 17.8 Å². The highest BCUT2D eigenvalue weighted by atomic mass is 35.5. The standard InChI is InChI=1S/C21H21ClN2O3/c1-12-19(22)24-11-10-15-17(20(24)23-12)27-16(13-6-4-3-5-7-13)18(25)21(15,26-2)14-8-9-14/h3-7,10-11,14,16,18,25H,8-9H2,1-2H3/t16-,18?,21?/m1/s1. The highest BCUT2D eigenvalue weighted by molar-refractivity contribution is 6.30. The summed E-state index contributed by atoms with van der Waals surface area (Å²) < 4.78 is 14.3. The van der Waals surface area contributed by atoms with Crippen molar-refractivity contribution in [3.05, 3.63) is 64.6 Å². The fourth-order valence-electron chi connectivity index (χ4n) is 4.43. The summed E-state index contributed by atoms with van der Waals surface area (Å²) >= 11 is 6.41. The van der Waals surface area contributed by atoms with Crippen LogP contribution in [0, 0.1) is 12.8 Å². The van der Waals surface area contributed by atoms with Crippen molar-refractivity contribution in [2.75, 3.05) is 7.11 Å². The number of rotatable bonds is 3. The molecule has 5 rings (SSSR count). The van der Waals surface area contributed by atoms with Gasteiger partial charge in [0.2, 0.25) is 0 Å². The van der Waals surface area contributed by atoms with Crippen molar-refractivity contribution < 1.29 is 14.6 Å². The molecule has 0 radical (unpaired) electrons. The summed E-state index contributed by atoms with van der Waals surface area (Å²) in [4.78, 5) is 4.63. The first kappa shape index (κ1) is 17.0. The highest BCUT2D eigenvalue weighted by Gasteiger charge is 2.59. The van der Waals surface area contributed by atoms with Crippen molar-refractivity contribution in [3.63, 3.8) is 0 Å². The first-order valence-electron chi connectivity index (χ1n) is 9.20. The lowest BCUT2D eigenvalue weighted by atomic mass is 9.77. The molecule has 3 atom stereocenters. The van der Waals surface area contributed by atoms with Gasteiger partial charge >= 0.3 is 0 Å². The molecule has 1 N–H and O–H groups in total. The molecule has 0 saturated heterocycles. The summed E-state index contributed by atoms with van der Waals surface area (Å²) in [6.07, 6.45) is 2.56. The third kappa shape index (κ3) is 2.29. The SMILES string of the molecule is COC1(C2CC2)c2ccn3c(Cl)c(C)nc3c2O[C@H](c2ccccc2)C1O. The Hall–Kier alpha value is -2.08. The lowest BCUT2D eigenvalue weighted by Gasteiger charge is -2.45. The summed E-state index contributed by atoms with van der Waals surface area (Å²) in [5.41, 5.74) is 2.34. The van der Waals surface area contributed by atoms with Gasteiger partial charge in [-0.3, -0.25) is 4.40 Å². The average Bonchev–Trinajstić information content (AvgIpc) is 3.49. The maximum atomic E-state index is 11.4. The van der Waals surface area contributed by atoms with Crippen LogP contribution in [-0.2, 0) is 10.3 Å². The lowest BCUT2D eigenvalue weighted by Crippen LogP contribution is -2.51. The second-order valence-corrected chi connectivity index (χ2v) is 7.76. The van der Waals surface area contributed by atoms with Gasteiger partial charge in [-0.25, -0.2) is 4.98 Å². The molecular weight excluding hydrogens is 364 g/mol. The molecule has 6 heteroatoms. The number of benzene rings is 1. The summed E-state index contributed by atoms with van der Waals surface area (Å²) in [6.45, 7) is 1.87. The van der Waals surface area contributed by atoms with Crippen molar-refractivity contribution in [2.24, 2.45) is 5.92 Å². The van der Waals surface area contributed by atoms with E-state index in [-0.39, 0.29) is 5.92 Å². The lowest BCUT2D eigenvalue weighted by molar-refractivity contribution is -0.172. The second kappa shape index (κ2) is 5.96. The van der Waals surface area contributed by atoms with E-state index in [9.17, 15) is 5.11 Å². The normalized spacial score (nSPS) is 27.4. The van der Waals surface area contributed by atoms with Crippen LogP contribution in [0.15, 0.2) is 42.6 Å². The molecule has 2 aliphatic rings. The fourth-order valence-corrected chi connectivity index (χ4v) is 4.61. The first-order valence-corrected chi connectivity index (χ1v) is 9.58. The van der Waals surface area contributed by atoms with Crippen LogP contribution in [-0.4, -0.2) is 27.7 Å². The molecule has 1 saturated carbocycles. The molecule has 2 aromatic heterocycles. The van der Waals surface area contributed by atoms with Crippen LogP contribution in [0.2, 0.25) is 5.15 Å². The second-order valence-electron chi connectivity index (χ2n) is 7.41. The number of methoxy groups -OCH3 is 1. The molecular formula is C21H21ClN2O3. The number of fused-ring (bicyclic) bond motifs is 3. The number of nitrogens with zero attached hydrogens (tertiary/aromatic N) is 2. The van der Waals surface area contributed by atoms with E-state index in [4.69, 9.17) is 21.1 Å². The van der Waals surface area contributed by atoms with Gasteiger partial charge in [-0.2, -0.15) is 0 Å².